The van der Waals surface area contributed by atoms with Gasteiger partial charge in [-0.2, -0.15) is 0 Å². The van der Waals surface area contributed by atoms with Gasteiger partial charge in [0, 0.05) is 0 Å². The number of imidazole rings is 1. The highest BCUT2D eigenvalue weighted by Gasteiger charge is 2.00. The summed E-state index contributed by atoms with van der Waals surface area (Å²) in [4.78, 5) is 7.34. The zero-order valence-corrected chi connectivity index (χ0v) is 8.68. The third kappa shape index (κ3) is 1.72. The Morgan fingerprint density at radius 3 is 2.31 bits per heavy atom. The van der Waals surface area contributed by atoms with Crippen LogP contribution in [0.5, 0.6) is 0 Å². The summed E-state index contributed by atoms with van der Waals surface area (Å²) in [7, 11) is 0. The number of hydrogen-bond donors (Lipinski definition) is 1. The number of H-pyrrole nitrogens is 1. The van der Waals surface area contributed by atoms with E-state index in [4.69, 9.17) is 0 Å². The summed E-state index contributed by atoms with van der Waals surface area (Å²) in [6, 6.07) is 4.20. The molecule has 0 saturated heterocycles. The molecular formula is C11H16N2. The number of aromatic nitrogens is 2. The lowest BCUT2D eigenvalue weighted by atomic mass is 10.1. The molecule has 70 valence electrons. The van der Waals surface area contributed by atoms with Gasteiger partial charge in [-0.15, -0.1) is 0 Å². The maximum Gasteiger partial charge on any atom is 0.0932 e. The normalized spacial score (nSPS) is 9.54. The van der Waals surface area contributed by atoms with E-state index in [9.17, 15) is 0 Å². The summed E-state index contributed by atoms with van der Waals surface area (Å²) >= 11 is 0. The Hall–Kier alpha value is -1.31. The quantitative estimate of drug-likeness (QED) is 0.656. The predicted molar refractivity (Wildman–Crippen MR) is 56.9 cm³/mol. The Kier molecular flexibility index (Phi) is 3.07. The second-order valence-corrected chi connectivity index (χ2v) is 2.83. The van der Waals surface area contributed by atoms with E-state index >= 15 is 0 Å². The molecule has 2 heteroatoms. The summed E-state index contributed by atoms with van der Waals surface area (Å²) < 4.78 is 0. The lowest BCUT2D eigenvalue weighted by Gasteiger charge is -1.96. The van der Waals surface area contributed by atoms with E-state index in [1.165, 1.54) is 11.1 Å². The van der Waals surface area contributed by atoms with Gasteiger partial charge < -0.3 is 4.98 Å². The van der Waals surface area contributed by atoms with Gasteiger partial charge in [0.2, 0.25) is 0 Å². The van der Waals surface area contributed by atoms with Gasteiger partial charge in [-0.1, -0.05) is 26.0 Å². The molecule has 0 spiro atoms. The monoisotopic (exact) mass is 176 g/mol. The number of rotatable bonds is 0. The molecule has 0 aliphatic carbocycles. The minimum Gasteiger partial charge on any atom is -0.344 e. The molecule has 1 aromatic heterocycles. The summed E-state index contributed by atoms with van der Waals surface area (Å²) in [5.74, 6) is 0. The first kappa shape index (κ1) is 9.78. The number of aromatic amines is 1. The Balaban J connectivity index is 0.000000396. The van der Waals surface area contributed by atoms with Crippen LogP contribution in [-0.2, 0) is 0 Å². The molecule has 0 atom stereocenters. The Labute approximate surface area is 79.0 Å². The molecule has 2 nitrogen and oxygen atoms in total. The van der Waals surface area contributed by atoms with Crippen molar-refractivity contribution in [3.05, 3.63) is 29.6 Å². The molecule has 0 aliphatic rings. The van der Waals surface area contributed by atoms with Crippen molar-refractivity contribution in [1.82, 2.24) is 9.97 Å². The molecule has 0 amide bonds. The molecule has 2 rings (SSSR count). The third-order valence-corrected chi connectivity index (χ3v) is 1.99. The number of fused-ring (bicyclic) bond motifs is 1. The van der Waals surface area contributed by atoms with Crippen LogP contribution in [0.2, 0.25) is 0 Å². The molecule has 0 fully saturated rings. The molecule has 2 aromatic rings. The van der Waals surface area contributed by atoms with E-state index < -0.39 is 0 Å². The molecule has 0 unspecified atom stereocenters. The van der Waals surface area contributed by atoms with Gasteiger partial charge in [-0.3, -0.25) is 0 Å². The van der Waals surface area contributed by atoms with Crippen LogP contribution in [0.25, 0.3) is 11.0 Å². The highest BCUT2D eigenvalue weighted by molar-refractivity contribution is 5.81. The standard InChI is InChI=1S/C9H10N2.C2H6/c1-6-3-4-7(2)9-8(6)10-5-11-9;1-2/h3-5H,1-2H3,(H,10,11);1-2H3. The van der Waals surface area contributed by atoms with Gasteiger partial charge in [-0.25, -0.2) is 4.98 Å². The average Bonchev–Trinajstić information content (AvgIpc) is 2.64. The Bertz CT molecular complexity index is 352. The molecule has 1 N–H and O–H groups in total. The zero-order valence-electron chi connectivity index (χ0n) is 8.68. The average molecular weight is 176 g/mol. The van der Waals surface area contributed by atoms with Crippen molar-refractivity contribution in [2.75, 3.05) is 0 Å². The van der Waals surface area contributed by atoms with Crippen LogP contribution in [0.4, 0.5) is 0 Å². The summed E-state index contributed by atoms with van der Waals surface area (Å²) in [6.45, 7) is 8.16. The maximum atomic E-state index is 4.22. The highest BCUT2D eigenvalue weighted by atomic mass is 14.9. The summed E-state index contributed by atoms with van der Waals surface area (Å²) in [6.07, 6.45) is 1.74. The topological polar surface area (TPSA) is 28.7 Å². The second-order valence-electron chi connectivity index (χ2n) is 2.83. The minimum atomic E-state index is 1.09. The first-order valence-electron chi connectivity index (χ1n) is 4.68. The van der Waals surface area contributed by atoms with Crippen LogP contribution in [0, 0.1) is 13.8 Å². The van der Waals surface area contributed by atoms with Crippen molar-refractivity contribution in [1.29, 1.82) is 0 Å². The first-order valence-corrected chi connectivity index (χ1v) is 4.68. The fraction of sp³-hybridized carbons (Fsp3) is 0.364. The van der Waals surface area contributed by atoms with E-state index in [-0.39, 0.29) is 0 Å². The molecule has 0 bridgehead atoms. The molecular weight excluding hydrogens is 160 g/mol. The minimum absolute atomic E-state index is 1.09. The number of nitrogens with zero attached hydrogens (tertiary/aromatic N) is 1. The van der Waals surface area contributed by atoms with Crippen molar-refractivity contribution in [2.45, 2.75) is 27.7 Å². The van der Waals surface area contributed by atoms with Gasteiger partial charge in [0.05, 0.1) is 17.4 Å². The summed E-state index contributed by atoms with van der Waals surface area (Å²) in [5.41, 5.74) is 4.73. The van der Waals surface area contributed by atoms with Gasteiger partial charge in [0.1, 0.15) is 0 Å². The van der Waals surface area contributed by atoms with E-state index in [2.05, 4.69) is 35.9 Å². The van der Waals surface area contributed by atoms with Crippen LogP contribution in [0.15, 0.2) is 18.5 Å². The van der Waals surface area contributed by atoms with Crippen molar-refractivity contribution in [2.24, 2.45) is 0 Å². The molecule has 0 radical (unpaired) electrons. The zero-order chi connectivity index (χ0) is 9.84. The number of aryl methyl sites for hydroxylation is 2. The fourth-order valence-corrected chi connectivity index (χ4v) is 1.31. The lowest BCUT2D eigenvalue weighted by molar-refractivity contribution is 1.33. The number of hydrogen-bond acceptors (Lipinski definition) is 1. The van der Waals surface area contributed by atoms with Crippen molar-refractivity contribution >= 4 is 11.0 Å². The van der Waals surface area contributed by atoms with Gasteiger partial charge >= 0.3 is 0 Å². The fourth-order valence-electron chi connectivity index (χ4n) is 1.31. The molecule has 1 heterocycles. The third-order valence-electron chi connectivity index (χ3n) is 1.99. The van der Waals surface area contributed by atoms with E-state index in [1.807, 2.05) is 13.8 Å². The van der Waals surface area contributed by atoms with Gasteiger partial charge in [0.15, 0.2) is 0 Å². The largest absolute Gasteiger partial charge is 0.344 e. The summed E-state index contributed by atoms with van der Waals surface area (Å²) in [5, 5.41) is 0. The van der Waals surface area contributed by atoms with Gasteiger partial charge in [0.25, 0.3) is 0 Å². The van der Waals surface area contributed by atoms with Crippen LogP contribution in [-0.4, -0.2) is 9.97 Å². The SMILES string of the molecule is CC.Cc1ccc(C)c2[nH]cnc12. The molecule has 0 aliphatic heterocycles. The van der Waals surface area contributed by atoms with Crippen molar-refractivity contribution < 1.29 is 0 Å². The second kappa shape index (κ2) is 4.08. The smallest absolute Gasteiger partial charge is 0.0932 e. The van der Waals surface area contributed by atoms with Gasteiger partial charge in [-0.05, 0) is 25.0 Å². The van der Waals surface area contributed by atoms with E-state index in [1.54, 1.807) is 6.33 Å². The first-order chi connectivity index (χ1) is 6.29. The van der Waals surface area contributed by atoms with Crippen molar-refractivity contribution in [3.63, 3.8) is 0 Å². The Morgan fingerprint density at radius 1 is 1.08 bits per heavy atom. The highest BCUT2D eigenvalue weighted by Crippen LogP contribution is 2.17. The molecule has 0 saturated carbocycles. The predicted octanol–water partition coefficient (Wildman–Crippen LogP) is 3.21. The lowest BCUT2D eigenvalue weighted by Crippen LogP contribution is -1.79. The molecule has 13 heavy (non-hydrogen) atoms. The van der Waals surface area contributed by atoms with Crippen LogP contribution in [0.3, 0.4) is 0 Å². The number of benzene rings is 1. The number of nitrogens with one attached hydrogen (secondary N) is 1. The maximum absolute atomic E-state index is 4.22. The van der Waals surface area contributed by atoms with E-state index in [0.717, 1.165) is 11.0 Å². The molecule has 1 aromatic carbocycles. The van der Waals surface area contributed by atoms with Crippen molar-refractivity contribution in [3.8, 4) is 0 Å². The van der Waals surface area contributed by atoms with Crippen LogP contribution in [0.1, 0.15) is 25.0 Å². The van der Waals surface area contributed by atoms with Crippen LogP contribution >= 0.6 is 0 Å². The van der Waals surface area contributed by atoms with E-state index in [0.29, 0.717) is 0 Å². The Morgan fingerprint density at radius 2 is 1.69 bits per heavy atom. The van der Waals surface area contributed by atoms with Crippen LogP contribution < -0.4 is 0 Å².